The Kier molecular flexibility index (Phi) is 4.06. The number of thioether (sulfide) groups is 1. The summed E-state index contributed by atoms with van der Waals surface area (Å²) in [4.78, 5) is 27.4. The highest BCUT2D eigenvalue weighted by Gasteiger charge is 2.25. The van der Waals surface area contributed by atoms with Crippen molar-refractivity contribution in [3.05, 3.63) is 22.7 Å². The van der Waals surface area contributed by atoms with Crippen LogP contribution >= 0.6 is 11.8 Å². The molecule has 1 atom stereocenters. The van der Waals surface area contributed by atoms with Gasteiger partial charge in [0.25, 0.3) is 5.56 Å². The number of ether oxygens (including phenoxy) is 1. The van der Waals surface area contributed by atoms with Gasteiger partial charge in [-0.05, 0) is 12.8 Å². The molecule has 1 aromatic rings. The lowest BCUT2D eigenvalue weighted by atomic mass is 10.2. The van der Waals surface area contributed by atoms with Crippen LogP contribution in [0.4, 0.5) is 0 Å². The van der Waals surface area contributed by atoms with E-state index in [9.17, 15) is 9.59 Å². The number of esters is 1. The van der Waals surface area contributed by atoms with E-state index < -0.39 is 0 Å². The molecule has 1 aromatic heterocycles. The van der Waals surface area contributed by atoms with E-state index in [1.54, 1.807) is 23.9 Å². The highest BCUT2D eigenvalue weighted by atomic mass is 32.2. The second kappa shape index (κ2) is 5.56. The van der Waals surface area contributed by atoms with Crippen LogP contribution in [0.25, 0.3) is 0 Å². The van der Waals surface area contributed by atoms with Crippen molar-refractivity contribution in [1.82, 2.24) is 9.55 Å². The first-order chi connectivity index (χ1) is 8.63. The third-order valence-corrected chi connectivity index (χ3v) is 4.07. The van der Waals surface area contributed by atoms with E-state index in [1.807, 2.05) is 0 Å². The maximum absolute atomic E-state index is 12.1. The van der Waals surface area contributed by atoms with Crippen LogP contribution in [-0.4, -0.2) is 28.4 Å². The molecular weight excluding hydrogens is 252 g/mol. The molecule has 0 saturated heterocycles. The van der Waals surface area contributed by atoms with Gasteiger partial charge in [-0.1, -0.05) is 18.7 Å². The number of methoxy groups -OCH3 is 1. The van der Waals surface area contributed by atoms with E-state index in [0.717, 1.165) is 12.8 Å². The van der Waals surface area contributed by atoms with E-state index >= 15 is 0 Å². The summed E-state index contributed by atoms with van der Waals surface area (Å²) in [5.74, 6) is 0.000538. The maximum Gasteiger partial charge on any atom is 0.309 e. The molecule has 1 aliphatic rings. The van der Waals surface area contributed by atoms with Gasteiger partial charge in [0.15, 0.2) is 5.03 Å². The molecule has 0 N–H and O–H groups in total. The van der Waals surface area contributed by atoms with Gasteiger partial charge < -0.3 is 9.30 Å². The molecule has 6 heteroatoms. The molecule has 0 amide bonds. The number of nitrogens with zero attached hydrogens (tertiary/aromatic N) is 2. The number of hydrogen-bond donors (Lipinski definition) is 0. The molecule has 1 unspecified atom stereocenters. The molecule has 0 radical (unpaired) electrons. The highest BCUT2D eigenvalue weighted by Crippen LogP contribution is 2.33. The largest absolute Gasteiger partial charge is 0.469 e. The van der Waals surface area contributed by atoms with E-state index in [1.165, 1.54) is 18.9 Å². The van der Waals surface area contributed by atoms with Crippen molar-refractivity contribution in [2.45, 2.75) is 30.8 Å². The van der Waals surface area contributed by atoms with Crippen LogP contribution in [-0.2, 0) is 9.53 Å². The fraction of sp³-hybridized carbons (Fsp3) is 0.583. The van der Waals surface area contributed by atoms with Crippen LogP contribution in [0.2, 0.25) is 0 Å². The van der Waals surface area contributed by atoms with Gasteiger partial charge in [-0.3, -0.25) is 9.59 Å². The van der Waals surface area contributed by atoms with Crippen LogP contribution in [0.1, 0.15) is 25.8 Å². The Labute approximate surface area is 110 Å². The van der Waals surface area contributed by atoms with Gasteiger partial charge in [-0.15, -0.1) is 0 Å². The van der Waals surface area contributed by atoms with Crippen LogP contribution in [0.3, 0.4) is 0 Å². The van der Waals surface area contributed by atoms with E-state index in [-0.39, 0.29) is 17.4 Å². The van der Waals surface area contributed by atoms with E-state index in [4.69, 9.17) is 0 Å². The number of carbonyl (C=O) groups excluding carboxylic acids is 1. The van der Waals surface area contributed by atoms with Crippen LogP contribution < -0.4 is 5.56 Å². The number of aromatic nitrogens is 2. The Balaban J connectivity index is 2.03. The molecule has 2 rings (SSSR count). The zero-order valence-electron chi connectivity index (χ0n) is 10.5. The molecule has 1 heterocycles. The van der Waals surface area contributed by atoms with Gasteiger partial charge >= 0.3 is 5.97 Å². The lowest BCUT2D eigenvalue weighted by molar-refractivity contribution is -0.143. The minimum Gasteiger partial charge on any atom is -0.469 e. The van der Waals surface area contributed by atoms with E-state index in [2.05, 4.69) is 9.72 Å². The molecule has 1 saturated carbocycles. The summed E-state index contributed by atoms with van der Waals surface area (Å²) in [7, 11) is 1.37. The van der Waals surface area contributed by atoms with Gasteiger partial charge in [-0.25, -0.2) is 4.98 Å². The predicted molar refractivity (Wildman–Crippen MR) is 68.7 cm³/mol. The fourth-order valence-electron chi connectivity index (χ4n) is 1.62. The van der Waals surface area contributed by atoms with E-state index in [0.29, 0.717) is 16.8 Å². The second-order valence-corrected chi connectivity index (χ2v) is 5.42. The Morgan fingerprint density at radius 2 is 2.39 bits per heavy atom. The molecule has 5 nitrogen and oxygen atoms in total. The summed E-state index contributed by atoms with van der Waals surface area (Å²) in [5, 5.41) is 0.458. The summed E-state index contributed by atoms with van der Waals surface area (Å²) in [6.45, 7) is 1.78. The van der Waals surface area contributed by atoms with Crippen LogP contribution in [0, 0.1) is 5.92 Å². The zero-order valence-corrected chi connectivity index (χ0v) is 11.3. The first-order valence-corrected chi connectivity index (χ1v) is 6.89. The van der Waals surface area contributed by atoms with Crippen molar-refractivity contribution in [1.29, 1.82) is 0 Å². The topological polar surface area (TPSA) is 61.2 Å². The summed E-state index contributed by atoms with van der Waals surface area (Å²) in [6.07, 6.45) is 5.50. The quantitative estimate of drug-likeness (QED) is 0.598. The van der Waals surface area contributed by atoms with Gasteiger partial charge in [0.2, 0.25) is 0 Å². The summed E-state index contributed by atoms with van der Waals surface area (Å²) in [6, 6.07) is 0.345. The molecule has 0 spiro atoms. The lowest BCUT2D eigenvalue weighted by Gasteiger charge is -2.09. The minimum atomic E-state index is -0.263. The number of hydrogen-bond acceptors (Lipinski definition) is 5. The molecule has 1 aliphatic carbocycles. The lowest BCUT2D eigenvalue weighted by Crippen LogP contribution is -2.22. The van der Waals surface area contributed by atoms with Crippen molar-refractivity contribution in [3.63, 3.8) is 0 Å². The Hall–Kier alpha value is -1.30. The van der Waals surface area contributed by atoms with Crippen molar-refractivity contribution in [3.8, 4) is 0 Å². The monoisotopic (exact) mass is 268 g/mol. The molecule has 0 bridgehead atoms. The van der Waals surface area contributed by atoms with Gasteiger partial charge in [0.05, 0.1) is 13.0 Å². The Morgan fingerprint density at radius 1 is 1.67 bits per heavy atom. The van der Waals surface area contributed by atoms with Crippen LogP contribution in [0.5, 0.6) is 0 Å². The second-order valence-electron chi connectivity index (χ2n) is 4.41. The first kappa shape index (κ1) is 13.1. The fourth-order valence-corrected chi connectivity index (χ4v) is 2.53. The summed E-state index contributed by atoms with van der Waals surface area (Å²) in [5.41, 5.74) is -0.0536. The first-order valence-electron chi connectivity index (χ1n) is 5.91. The number of rotatable bonds is 5. The Bertz CT molecular complexity index is 496. The smallest absolute Gasteiger partial charge is 0.309 e. The average Bonchev–Trinajstić information content (AvgIpc) is 3.20. The minimum absolute atomic E-state index is 0.0536. The van der Waals surface area contributed by atoms with Crippen molar-refractivity contribution < 1.29 is 9.53 Å². The zero-order chi connectivity index (χ0) is 13.1. The maximum atomic E-state index is 12.1. The highest BCUT2D eigenvalue weighted by molar-refractivity contribution is 7.99. The normalized spacial score (nSPS) is 16.3. The molecule has 1 fully saturated rings. The SMILES string of the molecule is COC(=O)C(C)CSc1nccn(C2CC2)c1=O. The molecule has 98 valence electrons. The van der Waals surface area contributed by atoms with Gasteiger partial charge in [0, 0.05) is 24.2 Å². The third kappa shape index (κ3) is 2.93. The Morgan fingerprint density at radius 3 is 3.00 bits per heavy atom. The predicted octanol–water partition coefficient (Wildman–Crippen LogP) is 1.48. The standard InChI is InChI=1S/C12H16N2O3S/c1-8(12(16)17-2)7-18-10-11(15)14(6-5-13-10)9-3-4-9/h5-6,8-9H,3-4,7H2,1-2H3. The molecule has 18 heavy (non-hydrogen) atoms. The summed E-state index contributed by atoms with van der Waals surface area (Å²) >= 11 is 1.31. The van der Waals surface area contributed by atoms with Crippen LogP contribution in [0.15, 0.2) is 22.2 Å². The van der Waals surface area contributed by atoms with Crippen molar-refractivity contribution in [2.24, 2.45) is 5.92 Å². The molecule has 0 aliphatic heterocycles. The van der Waals surface area contributed by atoms with Gasteiger partial charge in [0.1, 0.15) is 0 Å². The van der Waals surface area contributed by atoms with Crippen molar-refractivity contribution >= 4 is 17.7 Å². The summed E-state index contributed by atoms with van der Waals surface area (Å²) < 4.78 is 6.38. The third-order valence-electron chi connectivity index (χ3n) is 2.85. The average molecular weight is 268 g/mol. The number of carbonyl (C=O) groups is 1. The van der Waals surface area contributed by atoms with Gasteiger partial charge in [-0.2, -0.15) is 0 Å². The molecule has 0 aromatic carbocycles. The molecular formula is C12H16N2O3S. The van der Waals surface area contributed by atoms with Crippen molar-refractivity contribution in [2.75, 3.05) is 12.9 Å².